The fourth-order valence-electron chi connectivity index (χ4n) is 6.70. The number of aliphatic hydroxyl groups is 2. The zero-order valence-electron chi connectivity index (χ0n) is 38.5. The molecule has 0 radical (unpaired) electrons. The third-order valence-electron chi connectivity index (χ3n) is 10.3. The van der Waals surface area contributed by atoms with Crippen molar-refractivity contribution in [2.24, 2.45) is 0 Å². The van der Waals surface area contributed by atoms with E-state index in [9.17, 15) is 19.8 Å². The van der Waals surface area contributed by atoms with E-state index in [0.717, 1.165) is 70.6 Å². The second kappa shape index (κ2) is 46.6. The van der Waals surface area contributed by atoms with E-state index in [1.54, 1.807) is 0 Å². The van der Waals surface area contributed by atoms with Gasteiger partial charge in [-0.25, -0.2) is 0 Å². The number of nitrogens with one attached hydrogen (secondary N) is 1. The number of carbonyl (C=O) groups is 2. The summed E-state index contributed by atoms with van der Waals surface area (Å²) in [5, 5.41) is 23.7. The number of esters is 1. The predicted molar refractivity (Wildman–Crippen MR) is 259 cm³/mol. The number of amides is 1. The van der Waals surface area contributed by atoms with Crippen LogP contribution in [0.15, 0.2) is 109 Å². The quantitative estimate of drug-likeness (QED) is 0.0324. The van der Waals surface area contributed by atoms with Gasteiger partial charge < -0.3 is 20.3 Å². The highest BCUT2D eigenvalue weighted by atomic mass is 16.5. The Bertz CT molecular complexity index is 1250. The highest BCUT2D eigenvalue weighted by molar-refractivity contribution is 5.77. The molecule has 0 saturated heterocycles. The molecule has 0 saturated carbocycles. The summed E-state index contributed by atoms with van der Waals surface area (Å²) in [5.41, 5.74) is 0. The number of hydrogen-bond donors (Lipinski definition) is 3. The van der Waals surface area contributed by atoms with Gasteiger partial charge in [0.25, 0.3) is 0 Å². The van der Waals surface area contributed by atoms with Crippen LogP contribution in [0.1, 0.15) is 194 Å². The Morgan fingerprint density at radius 2 is 0.917 bits per heavy atom. The Labute approximate surface area is 368 Å². The molecule has 0 bridgehead atoms. The first kappa shape index (κ1) is 56.5. The second-order valence-electron chi connectivity index (χ2n) is 16.0. The molecular weight excluding hydrogens is 743 g/mol. The minimum Gasteiger partial charge on any atom is -0.462 e. The van der Waals surface area contributed by atoms with Crippen molar-refractivity contribution >= 4 is 11.9 Å². The van der Waals surface area contributed by atoms with E-state index >= 15 is 0 Å². The van der Waals surface area contributed by atoms with Crippen LogP contribution in [0.3, 0.4) is 0 Å². The largest absolute Gasteiger partial charge is 0.462 e. The van der Waals surface area contributed by atoms with E-state index in [4.69, 9.17) is 4.74 Å². The van der Waals surface area contributed by atoms with Gasteiger partial charge in [-0.15, -0.1) is 0 Å². The SMILES string of the molecule is CC/C=C/C=C/C=C\C=C/C=C/CCCCCC(=O)OC(CCC\C=C/C=C\C=C\C=C\CC)CC(=O)NC(CO)C(O)CCCCCCCCCCCCCCCCC. The smallest absolute Gasteiger partial charge is 0.306 e. The molecule has 1 amide bonds. The van der Waals surface area contributed by atoms with Crippen molar-refractivity contribution in [1.29, 1.82) is 0 Å². The van der Waals surface area contributed by atoms with Gasteiger partial charge in [-0.2, -0.15) is 0 Å². The van der Waals surface area contributed by atoms with Crippen LogP contribution >= 0.6 is 0 Å². The molecule has 0 fully saturated rings. The third kappa shape index (κ3) is 41.3. The first-order chi connectivity index (χ1) is 29.5. The predicted octanol–water partition coefficient (Wildman–Crippen LogP) is 14.3. The molecule has 6 heteroatoms. The fourth-order valence-corrected chi connectivity index (χ4v) is 6.70. The number of allylic oxidation sites excluding steroid dienone is 18. The van der Waals surface area contributed by atoms with Crippen molar-refractivity contribution in [2.45, 2.75) is 212 Å². The van der Waals surface area contributed by atoms with Crippen LogP contribution in [0.25, 0.3) is 0 Å². The standard InChI is InChI=1S/C54H89NO5/c1-4-7-10-13-16-19-22-24-26-28-31-34-37-40-43-46-52(57)51(49-56)55-53(58)48-50(45-42-39-36-33-30-21-18-15-12-9-6-3)60-54(59)47-44-41-38-35-32-29-27-25-23-20-17-14-11-8-5-2/h8-9,11-12,14-15,17-18,20-21,23,25,27,29-30,32-33,36,50-52,56-57H,4-7,10,13,16,19,22,24,26,28,31,34-35,37-49H2,1-3H3,(H,55,58)/b11-8+,12-9+,17-14+,18-15+,23-20-,27-25-,30-21-,32-29+,36-33-. The highest BCUT2D eigenvalue weighted by Crippen LogP contribution is 2.16. The van der Waals surface area contributed by atoms with E-state index in [-0.39, 0.29) is 24.9 Å². The molecule has 6 nitrogen and oxygen atoms in total. The van der Waals surface area contributed by atoms with Gasteiger partial charge in [-0.3, -0.25) is 9.59 Å². The Kier molecular flexibility index (Phi) is 43.9. The van der Waals surface area contributed by atoms with E-state index < -0.39 is 18.2 Å². The first-order valence-corrected chi connectivity index (χ1v) is 24.2. The molecule has 0 aromatic carbocycles. The first-order valence-electron chi connectivity index (χ1n) is 24.2. The summed E-state index contributed by atoms with van der Waals surface area (Å²) in [6, 6.07) is -0.738. The van der Waals surface area contributed by atoms with E-state index in [1.165, 1.54) is 77.0 Å². The van der Waals surface area contributed by atoms with Crippen LogP contribution in [-0.4, -0.2) is 46.9 Å². The zero-order valence-corrected chi connectivity index (χ0v) is 38.5. The van der Waals surface area contributed by atoms with Crippen molar-refractivity contribution in [2.75, 3.05) is 6.61 Å². The minimum absolute atomic E-state index is 0.00724. The average Bonchev–Trinajstić information content (AvgIpc) is 3.24. The Morgan fingerprint density at radius 3 is 1.38 bits per heavy atom. The lowest BCUT2D eigenvalue weighted by molar-refractivity contribution is -0.151. The summed E-state index contributed by atoms with van der Waals surface area (Å²) in [7, 11) is 0. The van der Waals surface area contributed by atoms with Crippen LogP contribution in [0.4, 0.5) is 0 Å². The summed E-state index contributed by atoms with van der Waals surface area (Å²) in [4.78, 5) is 26.0. The molecule has 0 aliphatic carbocycles. The summed E-state index contributed by atoms with van der Waals surface area (Å²) in [5.74, 6) is -0.603. The van der Waals surface area contributed by atoms with Gasteiger partial charge >= 0.3 is 5.97 Å². The van der Waals surface area contributed by atoms with Gasteiger partial charge in [-0.05, 0) is 57.8 Å². The monoisotopic (exact) mass is 832 g/mol. The molecule has 0 heterocycles. The maximum absolute atomic E-state index is 13.2. The van der Waals surface area contributed by atoms with Crippen LogP contribution in [0.5, 0.6) is 0 Å². The number of hydrogen-bond acceptors (Lipinski definition) is 5. The molecular formula is C54H89NO5. The summed E-state index contributed by atoms with van der Waals surface area (Å²) in [6.07, 6.45) is 63.0. The maximum atomic E-state index is 13.2. The molecule has 3 atom stereocenters. The zero-order chi connectivity index (χ0) is 43.8. The van der Waals surface area contributed by atoms with Crippen molar-refractivity contribution in [3.8, 4) is 0 Å². The van der Waals surface area contributed by atoms with Gasteiger partial charge in [0.05, 0.1) is 25.2 Å². The molecule has 0 spiro atoms. The van der Waals surface area contributed by atoms with Crippen LogP contribution < -0.4 is 5.32 Å². The van der Waals surface area contributed by atoms with Gasteiger partial charge in [0, 0.05) is 6.42 Å². The lowest BCUT2D eigenvalue weighted by Crippen LogP contribution is -2.46. The summed E-state index contributed by atoms with van der Waals surface area (Å²) >= 11 is 0. The van der Waals surface area contributed by atoms with Crippen molar-refractivity contribution in [3.05, 3.63) is 109 Å². The lowest BCUT2D eigenvalue weighted by Gasteiger charge is -2.24. The second-order valence-corrected chi connectivity index (χ2v) is 16.0. The maximum Gasteiger partial charge on any atom is 0.306 e. The molecule has 0 rings (SSSR count). The van der Waals surface area contributed by atoms with E-state index in [1.807, 2.05) is 85.1 Å². The van der Waals surface area contributed by atoms with Crippen LogP contribution in [0, 0.1) is 0 Å². The molecule has 3 N–H and O–H groups in total. The van der Waals surface area contributed by atoms with E-state index in [0.29, 0.717) is 19.3 Å². The van der Waals surface area contributed by atoms with Crippen LogP contribution in [0.2, 0.25) is 0 Å². The summed E-state index contributed by atoms with van der Waals surface area (Å²) in [6.45, 7) is 6.15. The van der Waals surface area contributed by atoms with Crippen molar-refractivity contribution in [1.82, 2.24) is 5.32 Å². The average molecular weight is 832 g/mol. The Morgan fingerprint density at radius 1 is 0.500 bits per heavy atom. The third-order valence-corrected chi connectivity index (χ3v) is 10.3. The normalized spacial score (nSPS) is 14.3. The molecule has 3 unspecified atom stereocenters. The number of rotatable bonds is 41. The fraction of sp³-hybridized carbons (Fsp3) is 0.630. The van der Waals surface area contributed by atoms with Gasteiger partial charge in [0.2, 0.25) is 5.91 Å². The molecule has 340 valence electrons. The number of carbonyl (C=O) groups excluding carboxylic acids is 2. The molecule has 0 aromatic rings. The van der Waals surface area contributed by atoms with E-state index in [2.05, 4.69) is 50.4 Å². The Hall–Kier alpha value is -3.48. The molecule has 0 aromatic heterocycles. The van der Waals surface area contributed by atoms with Gasteiger partial charge in [0.1, 0.15) is 6.10 Å². The van der Waals surface area contributed by atoms with Gasteiger partial charge in [0.15, 0.2) is 0 Å². The molecule has 0 aliphatic rings. The van der Waals surface area contributed by atoms with Crippen molar-refractivity contribution in [3.63, 3.8) is 0 Å². The Balaban J connectivity index is 4.70. The van der Waals surface area contributed by atoms with Crippen LogP contribution in [-0.2, 0) is 14.3 Å². The minimum atomic E-state index is -0.819. The summed E-state index contributed by atoms with van der Waals surface area (Å²) < 4.78 is 5.85. The van der Waals surface area contributed by atoms with Gasteiger partial charge in [-0.1, -0.05) is 233 Å². The molecule has 60 heavy (non-hydrogen) atoms. The lowest BCUT2D eigenvalue weighted by atomic mass is 10.0. The topological polar surface area (TPSA) is 95.9 Å². The number of unbranched alkanes of at least 4 members (excludes halogenated alkanes) is 18. The van der Waals surface area contributed by atoms with Crippen molar-refractivity contribution < 1.29 is 24.5 Å². The number of aliphatic hydroxyl groups excluding tert-OH is 2. The number of ether oxygens (including phenoxy) is 1. The highest BCUT2D eigenvalue weighted by Gasteiger charge is 2.24. The molecule has 0 aliphatic heterocycles.